The van der Waals surface area contributed by atoms with Gasteiger partial charge in [-0.25, -0.2) is 0 Å². The summed E-state index contributed by atoms with van der Waals surface area (Å²) >= 11 is 0. The Labute approximate surface area is 169 Å². The Morgan fingerprint density at radius 2 is 1.79 bits per heavy atom. The average Bonchev–Trinajstić information content (AvgIpc) is 3.15. The van der Waals surface area contributed by atoms with Crippen molar-refractivity contribution in [2.75, 3.05) is 13.2 Å². The smallest absolute Gasteiger partial charge is 0.227 e. The zero-order valence-electron chi connectivity index (χ0n) is 17.2. The number of rotatable bonds is 2. The molecule has 0 unspecified atom stereocenters. The fourth-order valence-corrected chi connectivity index (χ4v) is 4.65. The Hall–Kier alpha value is -1.61. The first-order valence-corrected chi connectivity index (χ1v) is 10.0. The molecule has 1 spiro atoms. The summed E-state index contributed by atoms with van der Waals surface area (Å²) < 4.78 is 30.3. The highest BCUT2D eigenvalue weighted by molar-refractivity contribution is 5.78. The molecule has 3 saturated heterocycles. The molecule has 3 fully saturated rings. The largest absolute Gasteiger partial charge is 0.381 e. The topological polar surface area (TPSA) is 79.3 Å². The zero-order chi connectivity index (χ0) is 20.5. The van der Waals surface area contributed by atoms with Crippen LogP contribution in [0.15, 0.2) is 36.4 Å². The van der Waals surface area contributed by atoms with Crippen LogP contribution in [0.3, 0.4) is 0 Å². The van der Waals surface area contributed by atoms with Crippen LogP contribution in [0.5, 0.6) is 0 Å². The van der Waals surface area contributed by atoms with E-state index in [4.69, 9.17) is 28.7 Å². The van der Waals surface area contributed by atoms with E-state index in [0.717, 1.165) is 16.6 Å². The molecule has 5 rings (SSSR count). The summed E-state index contributed by atoms with van der Waals surface area (Å²) in [4.78, 5) is 4.75. The molecule has 0 bridgehead atoms. The summed E-state index contributed by atoms with van der Waals surface area (Å²) in [5.74, 6) is -3.08. The maximum atomic E-state index is 12.1. The number of ether oxygens (including phenoxy) is 5. The third-order valence-corrected chi connectivity index (χ3v) is 5.92. The molecule has 0 amide bonds. The molecule has 1 aromatic heterocycles. The Bertz CT molecular complexity index is 944. The Balaban J connectivity index is 1.57. The Morgan fingerprint density at radius 1 is 1.00 bits per heavy atom. The van der Waals surface area contributed by atoms with Gasteiger partial charge < -0.3 is 28.8 Å². The van der Waals surface area contributed by atoms with Gasteiger partial charge in [0.2, 0.25) is 5.79 Å². The summed E-state index contributed by atoms with van der Waals surface area (Å²) in [6, 6.07) is 11.8. The van der Waals surface area contributed by atoms with E-state index < -0.39 is 35.2 Å². The number of pyridine rings is 1. The van der Waals surface area contributed by atoms with Crippen molar-refractivity contribution in [3.8, 4) is 0 Å². The van der Waals surface area contributed by atoms with Crippen LogP contribution in [0.2, 0.25) is 0 Å². The minimum Gasteiger partial charge on any atom is -0.381 e. The molecule has 0 saturated carbocycles. The van der Waals surface area contributed by atoms with Crippen LogP contribution in [0.4, 0.5) is 0 Å². The van der Waals surface area contributed by atoms with Gasteiger partial charge in [0.1, 0.15) is 18.8 Å². The van der Waals surface area contributed by atoms with Crippen molar-refractivity contribution in [3.05, 3.63) is 42.1 Å². The molecule has 3 aliphatic rings. The van der Waals surface area contributed by atoms with Gasteiger partial charge in [-0.3, -0.25) is 4.98 Å². The fraction of sp³-hybridized carbons (Fsp3) is 0.591. The SMILES string of the molecule is CC1(C)O[C@@H]2[C@@H](CO[C@]3(COC(C)(C)O3)[C@@]2(O)Cc2ccc3ccccc3n2)O1. The summed E-state index contributed by atoms with van der Waals surface area (Å²) in [5.41, 5.74) is 0.0348. The van der Waals surface area contributed by atoms with E-state index >= 15 is 0 Å². The van der Waals surface area contributed by atoms with Crippen LogP contribution in [0, 0.1) is 0 Å². The lowest BCUT2D eigenvalue weighted by Gasteiger charge is -2.50. The van der Waals surface area contributed by atoms with E-state index in [0.29, 0.717) is 0 Å². The number of nitrogens with zero attached hydrogens (tertiary/aromatic N) is 1. The molecule has 4 heterocycles. The summed E-state index contributed by atoms with van der Waals surface area (Å²) in [6.07, 6.45) is -0.872. The normalized spacial score (nSPS) is 37.8. The highest BCUT2D eigenvalue weighted by atomic mass is 16.9. The van der Waals surface area contributed by atoms with E-state index in [-0.39, 0.29) is 19.6 Å². The van der Waals surface area contributed by atoms with Crippen molar-refractivity contribution in [2.24, 2.45) is 0 Å². The Morgan fingerprint density at radius 3 is 2.55 bits per heavy atom. The summed E-state index contributed by atoms with van der Waals surface area (Å²) in [7, 11) is 0. The standard InChI is InChI=1S/C22H27NO6/c1-19(2)26-13-22(29-19)21(24,18-17(12-25-22)27-20(3,4)28-18)11-15-10-9-14-7-5-6-8-16(14)23-15/h5-10,17-18,24H,11-13H2,1-4H3/t17-,18-,21-,22+/m1/s1. The number of aromatic nitrogens is 1. The quantitative estimate of drug-likeness (QED) is 0.828. The van der Waals surface area contributed by atoms with Crippen LogP contribution in [-0.4, -0.2) is 58.5 Å². The predicted molar refractivity (Wildman–Crippen MR) is 104 cm³/mol. The van der Waals surface area contributed by atoms with Crippen molar-refractivity contribution in [1.82, 2.24) is 4.98 Å². The molecular weight excluding hydrogens is 374 g/mol. The van der Waals surface area contributed by atoms with Gasteiger partial charge in [0.15, 0.2) is 17.2 Å². The van der Waals surface area contributed by atoms with Crippen LogP contribution in [0.1, 0.15) is 33.4 Å². The van der Waals surface area contributed by atoms with Crippen LogP contribution >= 0.6 is 0 Å². The summed E-state index contributed by atoms with van der Waals surface area (Å²) in [5, 5.41) is 13.1. The van der Waals surface area contributed by atoms with Crippen LogP contribution in [0.25, 0.3) is 10.9 Å². The first-order valence-electron chi connectivity index (χ1n) is 10.0. The van der Waals surface area contributed by atoms with Crippen molar-refractivity contribution in [1.29, 1.82) is 0 Å². The second-order valence-corrected chi connectivity index (χ2v) is 9.05. The monoisotopic (exact) mass is 401 g/mol. The molecule has 4 atom stereocenters. The van der Waals surface area contributed by atoms with Gasteiger partial charge in [0, 0.05) is 17.5 Å². The van der Waals surface area contributed by atoms with Gasteiger partial charge in [-0.05, 0) is 39.8 Å². The third kappa shape index (κ3) is 3.08. The minimum absolute atomic E-state index is 0.0943. The Kier molecular flexibility index (Phi) is 4.14. The van der Waals surface area contributed by atoms with E-state index in [2.05, 4.69) is 0 Å². The maximum absolute atomic E-state index is 12.1. The number of aliphatic hydroxyl groups is 1. The lowest BCUT2D eigenvalue weighted by atomic mass is 9.78. The van der Waals surface area contributed by atoms with Gasteiger partial charge in [-0.15, -0.1) is 0 Å². The van der Waals surface area contributed by atoms with E-state index in [1.807, 2.05) is 64.1 Å². The molecule has 0 aliphatic carbocycles. The molecular formula is C22H27NO6. The van der Waals surface area contributed by atoms with Crippen LogP contribution in [-0.2, 0) is 30.1 Å². The second kappa shape index (κ2) is 6.20. The number of hydrogen-bond donors (Lipinski definition) is 1. The second-order valence-electron chi connectivity index (χ2n) is 9.05. The molecule has 7 nitrogen and oxygen atoms in total. The van der Waals surface area contributed by atoms with Gasteiger partial charge in [-0.2, -0.15) is 0 Å². The highest BCUT2D eigenvalue weighted by Crippen LogP contribution is 2.50. The van der Waals surface area contributed by atoms with E-state index in [1.165, 1.54) is 0 Å². The molecule has 156 valence electrons. The highest BCUT2D eigenvalue weighted by Gasteiger charge is 2.70. The first-order chi connectivity index (χ1) is 13.6. The molecule has 0 radical (unpaired) electrons. The molecule has 1 aromatic carbocycles. The van der Waals surface area contributed by atoms with E-state index in [1.54, 1.807) is 0 Å². The molecule has 29 heavy (non-hydrogen) atoms. The fourth-order valence-electron chi connectivity index (χ4n) is 4.65. The first kappa shape index (κ1) is 19.4. The lowest BCUT2D eigenvalue weighted by molar-refractivity contribution is -0.366. The zero-order valence-corrected chi connectivity index (χ0v) is 17.2. The van der Waals surface area contributed by atoms with Crippen molar-refractivity contribution >= 4 is 10.9 Å². The molecule has 1 N–H and O–H groups in total. The lowest BCUT2D eigenvalue weighted by Crippen LogP contribution is -2.71. The van der Waals surface area contributed by atoms with Gasteiger partial charge in [0.05, 0.1) is 12.1 Å². The predicted octanol–water partition coefficient (Wildman–Crippen LogP) is 2.54. The molecule has 3 aliphatic heterocycles. The van der Waals surface area contributed by atoms with Crippen molar-refractivity contribution in [2.45, 2.75) is 69.3 Å². The van der Waals surface area contributed by atoms with Gasteiger partial charge in [0.25, 0.3) is 0 Å². The molecule has 2 aromatic rings. The summed E-state index contributed by atoms with van der Waals surface area (Å²) in [6.45, 7) is 7.63. The number of hydrogen-bond acceptors (Lipinski definition) is 7. The van der Waals surface area contributed by atoms with Crippen LogP contribution < -0.4 is 0 Å². The number of benzene rings is 1. The number of fused-ring (bicyclic) bond motifs is 2. The average molecular weight is 401 g/mol. The maximum Gasteiger partial charge on any atom is 0.227 e. The van der Waals surface area contributed by atoms with Crippen molar-refractivity contribution < 1.29 is 28.8 Å². The molecule has 7 heteroatoms. The van der Waals surface area contributed by atoms with E-state index in [9.17, 15) is 5.11 Å². The van der Waals surface area contributed by atoms with Gasteiger partial charge in [-0.1, -0.05) is 24.3 Å². The minimum atomic E-state index is -1.55. The van der Waals surface area contributed by atoms with Crippen molar-refractivity contribution in [3.63, 3.8) is 0 Å². The third-order valence-electron chi connectivity index (χ3n) is 5.92. The number of para-hydroxylation sites is 1. The van der Waals surface area contributed by atoms with Gasteiger partial charge >= 0.3 is 0 Å².